The number of aromatic nitrogens is 3. The van der Waals surface area contributed by atoms with Gasteiger partial charge in [0.25, 0.3) is 0 Å². The van der Waals surface area contributed by atoms with Crippen LogP contribution < -0.4 is 4.90 Å². The van der Waals surface area contributed by atoms with Crippen LogP contribution in [0.5, 0.6) is 0 Å². The molecule has 0 bridgehead atoms. The summed E-state index contributed by atoms with van der Waals surface area (Å²) < 4.78 is 4.44. The second-order valence-electron chi connectivity index (χ2n) is 11.7. The van der Waals surface area contributed by atoms with Crippen molar-refractivity contribution in [2.45, 2.75) is 6.92 Å². The van der Waals surface area contributed by atoms with E-state index in [1.807, 2.05) is 65.6 Å². The number of fused-ring (bicyclic) bond motifs is 6. The third kappa shape index (κ3) is 4.46. The first kappa shape index (κ1) is 28.9. The zero-order chi connectivity index (χ0) is 32.9. The largest absolute Gasteiger partial charge is 0.310 e. The number of rotatable bonds is 6. The molecular formula is C42H32N6. The molecule has 3 heterocycles. The summed E-state index contributed by atoms with van der Waals surface area (Å²) in [7, 11) is 0. The molecule has 7 aromatic rings. The van der Waals surface area contributed by atoms with Gasteiger partial charge in [0.1, 0.15) is 5.82 Å². The van der Waals surface area contributed by atoms with Crippen molar-refractivity contribution in [3.8, 4) is 22.5 Å². The molecule has 0 radical (unpaired) electrons. The zero-order valence-electron chi connectivity index (χ0n) is 26.6. The summed E-state index contributed by atoms with van der Waals surface area (Å²) in [5.74, 6) is 1.58. The second kappa shape index (κ2) is 11.4. The number of hydrogen-bond donors (Lipinski definition) is 0. The van der Waals surface area contributed by atoms with E-state index >= 15 is 0 Å². The topological polar surface area (TPSA) is 50.7 Å². The van der Waals surface area contributed by atoms with Gasteiger partial charge in [-0.2, -0.15) is 0 Å². The lowest BCUT2D eigenvalue weighted by Gasteiger charge is -2.32. The maximum atomic E-state index is 5.06. The van der Waals surface area contributed by atoms with Crippen molar-refractivity contribution < 1.29 is 0 Å². The monoisotopic (exact) mass is 620 g/mol. The highest BCUT2D eigenvalue weighted by Crippen LogP contribution is 2.43. The number of imidazole rings is 1. The van der Waals surface area contributed by atoms with Crippen LogP contribution in [-0.4, -0.2) is 26.7 Å². The van der Waals surface area contributed by atoms with Gasteiger partial charge in [-0.3, -0.25) is 9.47 Å². The number of benzene rings is 5. The van der Waals surface area contributed by atoms with Gasteiger partial charge in [0, 0.05) is 27.9 Å². The summed E-state index contributed by atoms with van der Waals surface area (Å²) in [6.45, 7) is 18.9. The van der Waals surface area contributed by atoms with Crippen LogP contribution in [0.25, 0.3) is 56.2 Å². The third-order valence-electron chi connectivity index (χ3n) is 9.05. The molecular weight excluding hydrogens is 589 g/mol. The van der Waals surface area contributed by atoms with Gasteiger partial charge < -0.3 is 4.57 Å². The number of hydrogen-bond acceptors (Lipinski definition) is 3. The Hall–Kier alpha value is -6.53. The lowest BCUT2D eigenvalue weighted by molar-refractivity contribution is 0.962. The molecule has 0 fully saturated rings. The van der Waals surface area contributed by atoms with Crippen LogP contribution in [0, 0.1) is 6.92 Å². The van der Waals surface area contributed by atoms with E-state index in [1.54, 1.807) is 0 Å². The lowest BCUT2D eigenvalue weighted by atomic mass is 9.98. The Morgan fingerprint density at radius 3 is 2.21 bits per heavy atom. The Bertz CT molecular complexity index is 2480. The summed E-state index contributed by atoms with van der Waals surface area (Å²) in [6.07, 6.45) is 1.94. The number of aliphatic imine (C=N–C) groups is 2. The van der Waals surface area contributed by atoms with Crippen LogP contribution in [-0.2, 0) is 0 Å². The molecule has 5 aromatic carbocycles. The molecule has 0 spiro atoms. The van der Waals surface area contributed by atoms with Crippen molar-refractivity contribution in [1.29, 1.82) is 0 Å². The van der Waals surface area contributed by atoms with Crippen molar-refractivity contribution >= 4 is 52.2 Å². The summed E-state index contributed by atoms with van der Waals surface area (Å²) in [4.78, 5) is 16.0. The Morgan fingerprint density at radius 1 is 0.771 bits per heavy atom. The summed E-state index contributed by atoms with van der Waals surface area (Å²) in [6, 6.07) is 41.5. The van der Waals surface area contributed by atoms with Crippen molar-refractivity contribution in [3.05, 3.63) is 169 Å². The van der Waals surface area contributed by atoms with E-state index in [0.717, 1.165) is 61.6 Å². The first-order chi connectivity index (χ1) is 23.5. The minimum atomic E-state index is 0.444. The normalized spacial score (nSPS) is 12.6. The fraction of sp³-hybridized carbons (Fsp3) is 0.0238. The van der Waals surface area contributed by atoms with Gasteiger partial charge in [0.05, 0.1) is 27.9 Å². The summed E-state index contributed by atoms with van der Waals surface area (Å²) in [5, 5.41) is 1.19. The summed E-state index contributed by atoms with van der Waals surface area (Å²) >= 11 is 0. The third-order valence-corrected chi connectivity index (χ3v) is 9.05. The molecule has 0 unspecified atom stereocenters. The van der Waals surface area contributed by atoms with Gasteiger partial charge in [0.15, 0.2) is 5.84 Å². The molecule has 48 heavy (non-hydrogen) atoms. The van der Waals surface area contributed by atoms with Crippen molar-refractivity contribution in [1.82, 2.24) is 14.1 Å². The van der Waals surface area contributed by atoms with Crippen LogP contribution in [0.4, 0.5) is 5.95 Å². The zero-order valence-corrected chi connectivity index (χ0v) is 26.6. The van der Waals surface area contributed by atoms with E-state index in [2.05, 4.69) is 114 Å². The number of amidine groups is 1. The predicted molar refractivity (Wildman–Crippen MR) is 201 cm³/mol. The molecule has 6 nitrogen and oxygen atoms in total. The van der Waals surface area contributed by atoms with E-state index in [0.29, 0.717) is 17.6 Å². The van der Waals surface area contributed by atoms with Gasteiger partial charge in [-0.15, -0.1) is 0 Å². The summed E-state index contributed by atoms with van der Waals surface area (Å²) in [5.41, 5.74) is 12.1. The van der Waals surface area contributed by atoms with Crippen molar-refractivity contribution in [2.24, 2.45) is 9.98 Å². The molecule has 6 heteroatoms. The molecule has 0 aliphatic carbocycles. The number of nitrogens with zero attached hydrogens (tertiary/aromatic N) is 6. The molecule has 8 rings (SSSR count). The van der Waals surface area contributed by atoms with Gasteiger partial charge in [0.2, 0.25) is 5.95 Å². The molecule has 0 N–H and O–H groups in total. The molecule has 230 valence electrons. The Labute approximate surface area is 279 Å². The molecule has 0 saturated heterocycles. The predicted octanol–water partition coefficient (Wildman–Crippen LogP) is 10.00. The number of aryl methyl sites for hydroxylation is 1. The molecule has 0 atom stereocenters. The van der Waals surface area contributed by atoms with Crippen LogP contribution in [0.3, 0.4) is 0 Å². The van der Waals surface area contributed by atoms with E-state index in [-0.39, 0.29) is 0 Å². The number of para-hydroxylation sites is 3. The fourth-order valence-electron chi connectivity index (χ4n) is 6.75. The van der Waals surface area contributed by atoms with Crippen LogP contribution >= 0.6 is 0 Å². The van der Waals surface area contributed by atoms with Gasteiger partial charge in [-0.1, -0.05) is 98.6 Å². The molecule has 1 aliphatic heterocycles. The Kier molecular flexibility index (Phi) is 6.85. The van der Waals surface area contributed by atoms with Gasteiger partial charge in [-0.25, -0.2) is 15.0 Å². The highest BCUT2D eigenvalue weighted by Gasteiger charge is 2.31. The highest BCUT2D eigenvalue weighted by atomic mass is 15.4. The van der Waals surface area contributed by atoms with Crippen LogP contribution in [0.15, 0.2) is 157 Å². The smallest absolute Gasteiger partial charge is 0.221 e. The standard InChI is InChI=1S/C42H32N6/c1-6-37-27(2)35-25-31(22-24-38(35)47(37)33-17-11-8-12-18-33)32-21-23-34-28(3)46(29(4)44-41(43-5)30-15-9-7-10-16-30)42-45-36-19-13-14-20-39(36)48(42)40(34)26-32/h6-26H,1,3-5H2,2H3/b44-41-. The number of anilines is 1. The first-order valence-corrected chi connectivity index (χ1v) is 15.7. The van der Waals surface area contributed by atoms with E-state index < -0.39 is 0 Å². The minimum absolute atomic E-state index is 0.444. The first-order valence-electron chi connectivity index (χ1n) is 15.7. The molecule has 0 saturated carbocycles. The fourth-order valence-corrected chi connectivity index (χ4v) is 6.75. The van der Waals surface area contributed by atoms with Crippen molar-refractivity contribution in [2.75, 3.05) is 4.90 Å². The SMILES string of the molecule is C=Cc1c(C)c2cc(-c3ccc4c(c3)-n3c(nc5ccccc53)N(C(=C)/N=C(\N=C)c3ccccc3)C4=C)ccc2n1-c1ccccc1. The maximum absolute atomic E-state index is 5.06. The van der Waals surface area contributed by atoms with E-state index in [1.165, 1.54) is 10.9 Å². The molecule has 2 aromatic heterocycles. The molecule has 0 amide bonds. The quantitative estimate of drug-likeness (QED) is 0.137. The van der Waals surface area contributed by atoms with Crippen molar-refractivity contribution in [3.63, 3.8) is 0 Å². The lowest BCUT2D eigenvalue weighted by Crippen LogP contribution is -2.27. The average molecular weight is 621 g/mol. The van der Waals surface area contributed by atoms with E-state index in [9.17, 15) is 0 Å². The van der Waals surface area contributed by atoms with Gasteiger partial charge >= 0.3 is 0 Å². The maximum Gasteiger partial charge on any atom is 0.221 e. The van der Waals surface area contributed by atoms with E-state index in [4.69, 9.17) is 9.98 Å². The average Bonchev–Trinajstić information content (AvgIpc) is 3.65. The highest BCUT2D eigenvalue weighted by molar-refractivity contribution is 6.03. The molecule has 1 aliphatic rings. The Morgan fingerprint density at radius 2 is 1.46 bits per heavy atom. The minimum Gasteiger partial charge on any atom is -0.310 e. The second-order valence-corrected chi connectivity index (χ2v) is 11.7. The Balaban J connectivity index is 1.27. The van der Waals surface area contributed by atoms with Gasteiger partial charge in [-0.05, 0) is 78.9 Å². The van der Waals surface area contributed by atoms with Crippen LogP contribution in [0.2, 0.25) is 0 Å². The van der Waals surface area contributed by atoms with Crippen LogP contribution in [0.1, 0.15) is 22.4 Å².